The molecule has 18 heavy (non-hydrogen) atoms. The second-order valence-electron chi connectivity index (χ2n) is 3.76. The molecule has 0 radical (unpaired) electrons. The van der Waals surface area contributed by atoms with Gasteiger partial charge in [0.05, 0.1) is 6.26 Å². The van der Waals surface area contributed by atoms with Gasteiger partial charge in [0.25, 0.3) is 5.91 Å². The van der Waals surface area contributed by atoms with Gasteiger partial charge in [0.15, 0.2) is 5.71 Å². The molecule has 7 heteroatoms. The van der Waals surface area contributed by atoms with Gasteiger partial charge >= 0.3 is 5.97 Å². The Balaban J connectivity index is 1.72. The second kappa shape index (κ2) is 5.35. The van der Waals surface area contributed by atoms with E-state index in [-0.39, 0.29) is 18.0 Å². The van der Waals surface area contributed by atoms with Crippen molar-refractivity contribution in [2.24, 2.45) is 5.16 Å². The van der Waals surface area contributed by atoms with Crippen LogP contribution < -0.4 is 5.32 Å². The largest absolute Gasteiger partial charge is 0.477 e. The number of carbonyl (C=O) groups is 2. The molecule has 96 valence electrons. The molecule has 1 aromatic heterocycles. The van der Waals surface area contributed by atoms with Crippen LogP contribution in [0.1, 0.15) is 12.2 Å². The van der Waals surface area contributed by atoms with Crippen LogP contribution in [0.2, 0.25) is 0 Å². The molecule has 1 unspecified atom stereocenters. The second-order valence-corrected chi connectivity index (χ2v) is 3.76. The summed E-state index contributed by atoms with van der Waals surface area (Å²) in [5.41, 5.74) is -0.138. The smallest absolute Gasteiger partial charge is 0.353 e. The molecule has 7 nitrogen and oxygen atoms in total. The van der Waals surface area contributed by atoms with Crippen molar-refractivity contribution < 1.29 is 24.0 Å². The van der Waals surface area contributed by atoms with Crippen molar-refractivity contribution in [3.05, 3.63) is 24.2 Å². The van der Waals surface area contributed by atoms with E-state index in [2.05, 4.69) is 10.5 Å². The molecule has 2 N–H and O–H groups in total. The summed E-state index contributed by atoms with van der Waals surface area (Å²) in [4.78, 5) is 26.9. The Morgan fingerprint density at radius 2 is 2.39 bits per heavy atom. The van der Waals surface area contributed by atoms with E-state index in [0.717, 1.165) is 5.76 Å². The molecule has 1 amide bonds. The molecule has 0 aliphatic carbocycles. The maximum atomic E-state index is 11.6. The van der Waals surface area contributed by atoms with Crippen molar-refractivity contribution >= 4 is 17.6 Å². The van der Waals surface area contributed by atoms with Crippen molar-refractivity contribution in [1.82, 2.24) is 5.32 Å². The molecule has 1 atom stereocenters. The first-order valence-electron chi connectivity index (χ1n) is 5.43. The van der Waals surface area contributed by atoms with E-state index in [9.17, 15) is 9.59 Å². The summed E-state index contributed by atoms with van der Waals surface area (Å²) in [7, 11) is 0. The number of carboxylic acids is 1. The van der Waals surface area contributed by atoms with E-state index in [1.165, 1.54) is 0 Å². The molecule has 2 rings (SSSR count). The summed E-state index contributed by atoms with van der Waals surface area (Å²) >= 11 is 0. The van der Waals surface area contributed by atoms with E-state index in [0.29, 0.717) is 13.0 Å². The molecule has 0 aromatic carbocycles. The Morgan fingerprint density at radius 3 is 3.00 bits per heavy atom. The Kier molecular flexibility index (Phi) is 3.61. The zero-order valence-electron chi connectivity index (χ0n) is 9.46. The van der Waals surface area contributed by atoms with Crippen molar-refractivity contribution in [1.29, 1.82) is 0 Å². The summed E-state index contributed by atoms with van der Waals surface area (Å²) in [6.45, 7) is 0.397. The first-order valence-corrected chi connectivity index (χ1v) is 5.43. The lowest BCUT2D eigenvalue weighted by molar-refractivity contribution is -0.131. The Hall–Kier alpha value is -2.31. The average Bonchev–Trinajstić information content (AvgIpc) is 2.99. The minimum absolute atomic E-state index is 0.0120. The highest BCUT2D eigenvalue weighted by Gasteiger charge is 2.31. The van der Waals surface area contributed by atoms with Gasteiger partial charge in [0, 0.05) is 19.4 Å². The number of amides is 1. The van der Waals surface area contributed by atoms with Gasteiger partial charge in [-0.05, 0) is 12.1 Å². The van der Waals surface area contributed by atoms with Crippen LogP contribution in [0.5, 0.6) is 0 Å². The highest BCUT2D eigenvalue weighted by molar-refractivity contribution is 6.36. The number of carbonyl (C=O) groups excluding carboxylic acids is 1. The van der Waals surface area contributed by atoms with Crippen molar-refractivity contribution in [3.63, 3.8) is 0 Å². The zero-order valence-corrected chi connectivity index (χ0v) is 9.46. The van der Waals surface area contributed by atoms with Crippen LogP contribution in [0.4, 0.5) is 0 Å². The number of nitrogens with one attached hydrogen (secondary N) is 1. The first kappa shape index (κ1) is 12.2. The fourth-order valence-corrected chi connectivity index (χ4v) is 1.52. The highest BCUT2D eigenvalue weighted by Crippen LogP contribution is 2.10. The Morgan fingerprint density at radius 1 is 1.56 bits per heavy atom. The minimum Gasteiger partial charge on any atom is -0.477 e. The van der Waals surface area contributed by atoms with Crippen LogP contribution in [0.3, 0.4) is 0 Å². The lowest BCUT2D eigenvalue weighted by Crippen LogP contribution is -2.36. The molecule has 1 aliphatic heterocycles. The summed E-state index contributed by atoms with van der Waals surface area (Å²) in [6.07, 6.45) is 1.26. The van der Waals surface area contributed by atoms with Gasteiger partial charge in [-0.3, -0.25) is 4.79 Å². The van der Waals surface area contributed by atoms with Crippen LogP contribution in [0.25, 0.3) is 0 Å². The molecule has 0 spiro atoms. The van der Waals surface area contributed by atoms with Crippen LogP contribution >= 0.6 is 0 Å². The van der Waals surface area contributed by atoms with Crippen LogP contribution in [-0.2, 0) is 20.8 Å². The van der Waals surface area contributed by atoms with E-state index < -0.39 is 12.1 Å². The molecule has 2 heterocycles. The van der Waals surface area contributed by atoms with Crippen molar-refractivity contribution in [2.75, 3.05) is 6.54 Å². The minimum atomic E-state index is -1.17. The summed E-state index contributed by atoms with van der Waals surface area (Å²) in [6, 6.07) is 3.58. The lowest BCUT2D eigenvalue weighted by Gasteiger charge is -2.08. The number of hydrogen-bond donors (Lipinski definition) is 2. The van der Waals surface area contributed by atoms with Crippen LogP contribution in [0.15, 0.2) is 28.0 Å². The third kappa shape index (κ3) is 2.88. The molecule has 0 saturated heterocycles. The average molecular weight is 252 g/mol. The van der Waals surface area contributed by atoms with Gasteiger partial charge < -0.3 is 19.7 Å². The van der Waals surface area contributed by atoms with Crippen molar-refractivity contribution in [3.8, 4) is 0 Å². The molecular formula is C11H12N2O5. The third-order valence-corrected chi connectivity index (χ3v) is 2.46. The molecule has 1 aromatic rings. The topological polar surface area (TPSA) is 101 Å². The van der Waals surface area contributed by atoms with Gasteiger partial charge in [-0.2, -0.15) is 0 Å². The normalized spacial score (nSPS) is 18.0. The summed E-state index contributed by atoms with van der Waals surface area (Å²) in [5, 5.41) is 14.6. The fourth-order valence-electron chi connectivity index (χ4n) is 1.52. The molecule has 0 bridgehead atoms. The lowest BCUT2D eigenvalue weighted by atomic mass is 10.1. The number of aliphatic carboxylic acids is 1. The van der Waals surface area contributed by atoms with Crippen LogP contribution in [0, 0.1) is 0 Å². The van der Waals surface area contributed by atoms with Gasteiger partial charge in [-0.15, -0.1) is 0 Å². The van der Waals surface area contributed by atoms with E-state index in [1.54, 1.807) is 12.3 Å². The van der Waals surface area contributed by atoms with E-state index in [4.69, 9.17) is 14.4 Å². The van der Waals surface area contributed by atoms with Gasteiger partial charge in [0.1, 0.15) is 5.76 Å². The van der Waals surface area contributed by atoms with E-state index in [1.807, 2.05) is 6.07 Å². The summed E-state index contributed by atoms with van der Waals surface area (Å²) < 4.78 is 5.11. The fraction of sp³-hybridized carbons (Fsp3) is 0.364. The number of oxime groups is 1. The quantitative estimate of drug-likeness (QED) is 0.777. The van der Waals surface area contributed by atoms with Crippen LogP contribution in [-0.4, -0.2) is 35.3 Å². The highest BCUT2D eigenvalue weighted by atomic mass is 16.6. The monoisotopic (exact) mass is 252 g/mol. The number of carboxylic acid groups (broad SMARTS) is 1. The Bertz CT molecular complexity index is 466. The SMILES string of the molecule is O=C(O)C1=NOC(C(=O)NCCc2ccco2)C1. The van der Waals surface area contributed by atoms with Crippen molar-refractivity contribution in [2.45, 2.75) is 18.9 Å². The number of furan rings is 1. The molecule has 0 fully saturated rings. The van der Waals surface area contributed by atoms with Gasteiger partial charge in [-0.25, -0.2) is 4.79 Å². The standard InChI is InChI=1S/C11H12N2O5/c14-10(9-6-8(11(15)16)13-18-9)12-4-3-7-2-1-5-17-7/h1-2,5,9H,3-4,6H2,(H,12,14)(H,15,16). The third-order valence-electron chi connectivity index (χ3n) is 2.46. The first-order chi connectivity index (χ1) is 8.66. The van der Waals surface area contributed by atoms with Gasteiger partial charge in [0.2, 0.25) is 6.10 Å². The van der Waals surface area contributed by atoms with Gasteiger partial charge in [-0.1, -0.05) is 5.16 Å². The zero-order chi connectivity index (χ0) is 13.0. The Labute approximate surface area is 102 Å². The molecule has 0 saturated carbocycles. The van der Waals surface area contributed by atoms with E-state index >= 15 is 0 Å². The predicted octanol–water partition coefficient (Wildman–Crippen LogP) is 0.168. The predicted molar refractivity (Wildman–Crippen MR) is 60.0 cm³/mol. The maximum Gasteiger partial charge on any atom is 0.353 e. The summed E-state index contributed by atoms with van der Waals surface area (Å²) in [5.74, 6) is -0.771. The number of rotatable bonds is 5. The molecular weight excluding hydrogens is 240 g/mol. The maximum absolute atomic E-state index is 11.6. The number of nitrogens with zero attached hydrogens (tertiary/aromatic N) is 1. The molecule has 1 aliphatic rings. The number of hydrogen-bond acceptors (Lipinski definition) is 5.